The predicted octanol–water partition coefficient (Wildman–Crippen LogP) is 6.10. The van der Waals surface area contributed by atoms with E-state index in [2.05, 4.69) is 11.9 Å². The van der Waals surface area contributed by atoms with Crippen LogP contribution in [-0.2, 0) is 0 Å². The Kier molecular flexibility index (Phi) is 5.49. The first-order chi connectivity index (χ1) is 10.8. The fourth-order valence-corrected chi connectivity index (χ4v) is 4.91. The highest BCUT2D eigenvalue weighted by Crippen LogP contribution is 2.44. The molecule has 0 bridgehead atoms. The first kappa shape index (κ1) is 16.0. The monoisotopic (exact) mass is 303 g/mol. The van der Waals surface area contributed by atoms with Crippen molar-refractivity contribution in [3.8, 4) is 0 Å². The highest BCUT2D eigenvalue weighted by Gasteiger charge is 2.31. The largest absolute Gasteiger partial charge is 0.228 e. The maximum absolute atomic E-state index is 12.9. The molecule has 1 aromatic heterocycles. The Labute approximate surface area is 134 Å². The molecule has 0 atom stereocenters. The topological polar surface area (TPSA) is 12.9 Å². The molecular weight excluding hydrogens is 273 g/mol. The number of aromatic nitrogens is 1. The Morgan fingerprint density at radius 2 is 1.59 bits per heavy atom. The van der Waals surface area contributed by atoms with Gasteiger partial charge in [0.05, 0.1) is 0 Å². The van der Waals surface area contributed by atoms with Crippen molar-refractivity contribution in [3.63, 3.8) is 0 Å². The molecule has 3 rings (SSSR count). The van der Waals surface area contributed by atoms with E-state index >= 15 is 0 Å². The maximum Gasteiger partial charge on any atom is 0.212 e. The Balaban J connectivity index is 1.47. The lowest BCUT2D eigenvalue weighted by molar-refractivity contribution is 0.156. The molecule has 0 amide bonds. The summed E-state index contributed by atoms with van der Waals surface area (Å²) in [6, 6.07) is 3.44. The molecule has 0 radical (unpaired) electrons. The summed E-state index contributed by atoms with van der Waals surface area (Å²) in [5.74, 6) is 3.21. The van der Waals surface area contributed by atoms with Crippen molar-refractivity contribution in [2.45, 2.75) is 77.0 Å². The van der Waals surface area contributed by atoms with E-state index in [0.717, 1.165) is 17.8 Å². The molecule has 22 heavy (non-hydrogen) atoms. The van der Waals surface area contributed by atoms with Gasteiger partial charge in [0, 0.05) is 6.20 Å². The molecule has 1 nitrogen and oxygen atoms in total. The highest BCUT2D eigenvalue weighted by atomic mass is 19.1. The summed E-state index contributed by atoms with van der Waals surface area (Å²) in [6.45, 7) is 2.32. The van der Waals surface area contributed by atoms with Crippen LogP contribution in [0.2, 0.25) is 0 Å². The van der Waals surface area contributed by atoms with E-state index in [1.54, 1.807) is 6.20 Å². The van der Waals surface area contributed by atoms with Crippen LogP contribution in [-0.4, -0.2) is 4.98 Å². The van der Waals surface area contributed by atoms with Gasteiger partial charge in [0.1, 0.15) is 0 Å². The van der Waals surface area contributed by atoms with Crippen molar-refractivity contribution in [1.29, 1.82) is 0 Å². The SMILES string of the molecule is CCC[C@H]1CC[C@H](C2CCC(c3ccc(F)nc3)CC2)CC1. The van der Waals surface area contributed by atoms with Crippen molar-refractivity contribution in [1.82, 2.24) is 4.98 Å². The van der Waals surface area contributed by atoms with Crippen LogP contribution in [0.1, 0.15) is 82.6 Å². The van der Waals surface area contributed by atoms with Crippen LogP contribution in [0.25, 0.3) is 0 Å². The molecule has 2 aliphatic carbocycles. The number of nitrogens with zero attached hydrogens (tertiary/aromatic N) is 1. The zero-order valence-corrected chi connectivity index (χ0v) is 13.9. The van der Waals surface area contributed by atoms with Gasteiger partial charge in [-0.3, -0.25) is 0 Å². The highest BCUT2D eigenvalue weighted by molar-refractivity contribution is 5.15. The fourth-order valence-electron chi connectivity index (χ4n) is 4.91. The summed E-state index contributed by atoms with van der Waals surface area (Å²) < 4.78 is 12.9. The van der Waals surface area contributed by atoms with E-state index in [1.807, 2.05) is 6.07 Å². The Hall–Kier alpha value is -0.920. The van der Waals surface area contributed by atoms with E-state index in [9.17, 15) is 4.39 Å². The van der Waals surface area contributed by atoms with Crippen LogP contribution in [0, 0.1) is 23.7 Å². The molecule has 2 aliphatic rings. The molecular formula is C20H30FN. The van der Waals surface area contributed by atoms with E-state index in [-0.39, 0.29) is 5.95 Å². The third-order valence-corrected chi connectivity index (χ3v) is 6.25. The zero-order chi connectivity index (χ0) is 15.4. The first-order valence-electron chi connectivity index (χ1n) is 9.37. The molecule has 2 saturated carbocycles. The number of halogens is 1. The molecule has 2 fully saturated rings. The quantitative estimate of drug-likeness (QED) is 0.612. The van der Waals surface area contributed by atoms with Crippen LogP contribution < -0.4 is 0 Å². The number of rotatable bonds is 4. The van der Waals surface area contributed by atoms with Gasteiger partial charge in [-0.2, -0.15) is 4.39 Å². The molecule has 2 heteroatoms. The van der Waals surface area contributed by atoms with Gasteiger partial charge in [-0.25, -0.2) is 4.98 Å². The predicted molar refractivity (Wildman–Crippen MR) is 89.3 cm³/mol. The van der Waals surface area contributed by atoms with Gasteiger partial charge in [-0.05, 0) is 73.8 Å². The molecule has 0 N–H and O–H groups in total. The minimum atomic E-state index is -0.360. The van der Waals surface area contributed by atoms with Crippen molar-refractivity contribution >= 4 is 0 Å². The summed E-state index contributed by atoms with van der Waals surface area (Å²) in [5.41, 5.74) is 1.24. The molecule has 1 aromatic rings. The third-order valence-electron chi connectivity index (χ3n) is 6.25. The molecule has 1 heterocycles. The first-order valence-corrected chi connectivity index (χ1v) is 9.37. The Morgan fingerprint density at radius 3 is 2.14 bits per heavy atom. The van der Waals surface area contributed by atoms with Crippen molar-refractivity contribution in [3.05, 3.63) is 29.8 Å². The number of hydrogen-bond donors (Lipinski definition) is 0. The van der Waals surface area contributed by atoms with E-state index in [4.69, 9.17) is 0 Å². The summed E-state index contributed by atoms with van der Waals surface area (Å²) in [5, 5.41) is 0. The molecule has 0 unspecified atom stereocenters. The maximum atomic E-state index is 12.9. The summed E-state index contributed by atoms with van der Waals surface area (Å²) >= 11 is 0. The summed E-state index contributed by atoms with van der Waals surface area (Å²) in [4.78, 5) is 3.82. The minimum Gasteiger partial charge on any atom is -0.228 e. The van der Waals surface area contributed by atoms with Gasteiger partial charge in [0.15, 0.2) is 0 Å². The fraction of sp³-hybridized carbons (Fsp3) is 0.750. The standard InChI is InChI=1S/C20H30FN/c1-2-3-15-4-6-16(7-5-15)17-8-10-18(11-9-17)19-12-13-20(21)22-14-19/h12-18H,2-11H2,1H3/t15-,16-,17?,18?. The van der Waals surface area contributed by atoms with Crippen molar-refractivity contribution < 1.29 is 4.39 Å². The average Bonchev–Trinajstić information content (AvgIpc) is 2.57. The van der Waals surface area contributed by atoms with Crippen LogP contribution in [0.5, 0.6) is 0 Å². The van der Waals surface area contributed by atoms with Gasteiger partial charge in [-0.15, -0.1) is 0 Å². The Bertz CT molecular complexity index is 439. The molecule has 0 saturated heterocycles. The summed E-state index contributed by atoms with van der Waals surface area (Å²) in [7, 11) is 0. The lowest BCUT2D eigenvalue weighted by Gasteiger charge is -2.38. The number of hydrogen-bond acceptors (Lipinski definition) is 1. The van der Waals surface area contributed by atoms with Crippen LogP contribution in [0.15, 0.2) is 18.3 Å². The Morgan fingerprint density at radius 1 is 0.955 bits per heavy atom. The van der Waals surface area contributed by atoms with Gasteiger partial charge >= 0.3 is 0 Å². The van der Waals surface area contributed by atoms with Gasteiger partial charge < -0.3 is 0 Å². The second-order valence-electron chi connectivity index (χ2n) is 7.60. The molecule has 0 spiro atoms. The number of pyridine rings is 1. The van der Waals surface area contributed by atoms with Gasteiger partial charge in [-0.1, -0.05) is 38.7 Å². The molecule has 0 aliphatic heterocycles. The van der Waals surface area contributed by atoms with Crippen molar-refractivity contribution in [2.75, 3.05) is 0 Å². The van der Waals surface area contributed by atoms with E-state index in [1.165, 1.54) is 75.8 Å². The normalized spacial score (nSPS) is 32.8. The van der Waals surface area contributed by atoms with Gasteiger partial charge in [0.2, 0.25) is 5.95 Å². The third kappa shape index (κ3) is 3.88. The summed E-state index contributed by atoms with van der Waals surface area (Å²) in [6.07, 6.45) is 15.7. The van der Waals surface area contributed by atoms with Crippen LogP contribution in [0.3, 0.4) is 0 Å². The average molecular weight is 303 g/mol. The van der Waals surface area contributed by atoms with Crippen LogP contribution in [0.4, 0.5) is 4.39 Å². The van der Waals surface area contributed by atoms with E-state index < -0.39 is 0 Å². The van der Waals surface area contributed by atoms with E-state index in [0.29, 0.717) is 5.92 Å². The zero-order valence-electron chi connectivity index (χ0n) is 13.9. The molecule has 0 aromatic carbocycles. The molecule has 122 valence electrons. The van der Waals surface area contributed by atoms with Crippen LogP contribution >= 0.6 is 0 Å². The lowest BCUT2D eigenvalue weighted by atomic mass is 9.68. The second kappa shape index (κ2) is 7.57. The second-order valence-corrected chi connectivity index (χ2v) is 7.60. The minimum absolute atomic E-state index is 0.360. The lowest BCUT2D eigenvalue weighted by Crippen LogP contribution is -2.25. The smallest absolute Gasteiger partial charge is 0.212 e. The van der Waals surface area contributed by atoms with Gasteiger partial charge in [0.25, 0.3) is 0 Å². The van der Waals surface area contributed by atoms with Crippen molar-refractivity contribution in [2.24, 2.45) is 17.8 Å².